The van der Waals surface area contributed by atoms with Gasteiger partial charge in [-0.05, 0) is 24.7 Å². The molecule has 2 aliphatic rings. The third kappa shape index (κ3) is 3.98. The van der Waals surface area contributed by atoms with Crippen LogP contribution in [-0.2, 0) is 27.4 Å². The molecule has 2 aromatic heterocycles. The Bertz CT molecular complexity index is 959. The number of likely N-dealkylation sites (N-methyl/N-ethyl adjacent to an activating group) is 1. The van der Waals surface area contributed by atoms with Crippen molar-refractivity contribution in [2.45, 2.75) is 23.0 Å². The number of thioether (sulfide) groups is 1. The van der Waals surface area contributed by atoms with E-state index in [-0.39, 0.29) is 12.1 Å². The van der Waals surface area contributed by atoms with Gasteiger partial charge in [0, 0.05) is 63.9 Å². The van der Waals surface area contributed by atoms with Gasteiger partial charge in [0.15, 0.2) is 5.16 Å². The molecule has 1 atom stereocenters. The molecule has 2 aromatic rings. The third-order valence-electron chi connectivity index (χ3n) is 5.51. The number of aromatic nitrogens is 3. The number of piperazine rings is 1. The first kappa shape index (κ1) is 20.6. The Labute approximate surface area is 178 Å². The number of fused-ring (bicyclic) bond motifs is 1. The van der Waals surface area contributed by atoms with Gasteiger partial charge in [0.05, 0.1) is 16.0 Å². The highest BCUT2D eigenvalue weighted by Crippen LogP contribution is 2.52. The van der Waals surface area contributed by atoms with Crippen LogP contribution in [0.1, 0.15) is 11.3 Å². The van der Waals surface area contributed by atoms with Gasteiger partial charge < -0.3 is 19.7 Å². The van der Waals surface area contributed by atoms with Crippen molar-refractivity contribution in [3.05, 3.63) is 53.6 Å². The van der Waals surface area contributed by atoms with Crippen molar-refractivity contribution in [1.82, 2.24) is 24.3 Å². The molecule has 1 fully saturated rings. The van der Waals surface area contributed by atoms with E-state index in [1.807, 2.05) is 10.8 Å². The molecule has 30 heavy (non-hydrogen) atoms. The predicted octanol–water partition coefficient (Wildman–Crippen LogP) is 1.12. The van der Waals surface area contributed by atoms with Gasteiger partial charge in [-0.1, -0.05) is 11.8 Å². The van der Waals surface area contributed by atoms with Crippen LogP contribution in [0.2, 0.25) is 0 Å². The minimum absolute atomic E-state index is 0.183. The highest BCUT2D eigenvalue weighted by molar-refractivity contribution is 8.00. The number of aliphatic carboxylic acids is 2. The molecule has 0 saturated carbocycles. The number of hydrogen-bond donors (Lipinski definition) is 2. The molecule has 0 bridgehead atoms. The molecule has 0 aliphatic carbocycles. The summed E-state index contributed by atoms with van der Waals surface area (Å²) in [4.78, 5) is 36.8. The lowest BCUT2D eigenvalue weighted by atomic mass is 9.90. The second-order valence-corrected chi connectivity index (χ2v) is 8.85. The number of pyridine rings is 1. The van der Waals surface area contributed by atoms with Crippen LogP contribution in [0.4, 0.5) is 0 Å². The van der Waals surface area contributed by atoms with E-state index >= 15 is 0 Å². The van der Waals surface area contributed by atoms with E-state index < -0.39 is 16.7 Å². The van der Waals surface area contributed by atoms with Crippen LogP contribution in [0.25, 0.3) is 0 Å². The summed E-state index contributed by atoms with van der Waals surface area (Å²) in [5, 5.41) is 19.8. The third-order valence-corrected chi connectivity index (χ3v) is 6.95. The topological polar surface area (TPSA) is 112 Å². The van der Waals surface area contributed by atoms with E-state index in [0.717, 1.165) is 44.5 Å². The summed E-state index contributed by atoms with van der Waals surface area (Å²) < 4.78 is 0.844. The van der Waals surface area contributed by atoms with Gasteiger partial charge in [-0.25, -0.2) is 14.6 Å². The molecular weight excluding hydrogens is 406 g/mol. The number of nitrogens with zero attached hydrogens (tertiary/aromatic N) is 5. The van der Waals surface area contributed by atoms with E-state index in [1.165, 1.54) is 11.8 Å². The number of carboxylic acids is 2. The molecule has 0 radical (unpaired) electrons. The Balaban J connectivity index is 1.63. The lowest BCUT2D eigenvalue weighted by Gasteiger charge is -2.32. The quantitative estimate of drug-likeness (QED) is 0.653. The second kappa shape index (κ2) is 8.21. The van der Waals surface area contributed by atoms with Crippen LogP contribution in [0.5, 0.6) is 0 Å². The maximum atomic E-state index is 12.0. The minimum atomic E-state index is -1.29. The summed E-state index contributed by atoms with van der Waals surface area (Å²) in [6.07, 6.45) is 5.90. The Hall–Kier alpha value is -2.69. The summed E-state index contributed by atoms with van der Waals surface area (Å²) in [5.74, 6) is -2.55. The zero-order valence-electron chi connectivity index (χ0n) is 16.6. The first-order chi connectivity index (χ1) is 14.4. The minimum Gasteiger partial charge on any atom is -0.478 e. The van der Waals surface area contributed by atoms with E-state index in [9.17, 15) is 19.8 Å². The number of carbonyl (C=O) groups is 2. The zero-order valence-corrected chi connectivity index (χ0v) is 17.4. The summed E-state index contributed by atoms with van der Waals surface area (Å²) in [6.45, 7) is 5.05. The van der Waals surface area contributed by atoms with Crippen molar-refractivity contribution in [2.75, 3.05) is 33.2 Å². The summed E-state index contributed by atoms with van der Waals surface area (Å²) in [5.41, 5.74) is 1.44. The number of rotatable bonds is 6. The van der Waals surface area contributed by atoms with Crippen LogP contribution < -0.4 is 0 Å². The molecule has 0 amide bonds. The molecule has 4 rings (SSSR count). The van der Waals surface area contributed by atoms with Crippen molar-refractivity contribution in [1.29, 1.82) is 0 Å². The van der Waals surface area contributed by atoms with Gasteiger partial charge >= 0.3 is 11.9 Å². The summed E-state index contributed by atoms with van der Waals surface area (Å²) in [7, 11) is 2.11. The van der Waals surface area contributed by atoms with Gasteiger partial charge in [0.1, 0.15) is 0 Å². The first-order valence-corrected chi connectivity index (χ1v) is 10.4. The van der Waals surface area contributed by atoms with E-state index in [0.29, 0.717) is 10.7 Å². The first-order valence-electron chi connectivity index (χ1n) is 9.62. The molecular formula is C20H23N5O4S. The fourth-order valence-corrected chi connectivity index (χ4v) is 5.35. The van der Waals surface area contributed by atoms with Crippen LogP contribution in [0.3, 0.4) is 0 Å². The molecule has 2 aliphatic heterocycles. The Morgan fingerprint density at radius 1 is 1.20 bits per heavy atom. The van der Waals surface area contributed by atoms with Crippen molar-refractivity contribution in [3.63, 3.8) is 0 Å². The molecule has 10 heteroatoms. The zero-order chi connectivity index (χ0) is 21.3. The summed E-state index contributed by atoms with van der Waals surface area (Å²) in [6, 6.07) is 3.45. The van der Waals surface area contributed by atoms with Gasteiger partial charge in [-0.2, -0.15) is 0 Å². The number of imidazole rings is 1. The molecule has 9 nitrogen and oxygen atoms in total. The average molecular weight is 430 g/mol. The molecule has 1 unspecified atom stereocenters. The number of hydrogen-bond acceptors (Lipinski definition) is 7. The molecule has 2 N–H and O–H groups in total. The van der Waals surface area contributed by atoms with Crippen molar-refractivity contribution in [3.8, 4) is 0 Å². The lowest BCUT2D eigenvalue weighted by Crippen LogP contribution is -2.43. The van der Waals surface area contributed by atoms with Crippen LogP contribution >= 0.6 is 11.8 Å². The van der Waals surface area contributed by atoms with Gasteiger partial charge in [-0.15, -0.1) is 0 Å². The molecule has 4 heterocycles. The number of carboxylic acid groups (broad SMARTS) is 2. The van der Waals surface area contributed by atoms with Gasteiger partial charge in [0.2, 0.25) is 0 Å². The van der Waals surface area contributed by atoms with Crippen molar-refractivity contribution < 1.29 is 19.8 Å². The second-order valence-electron chi connectivity index (χ2n) is 7.59. The molecule has 1 saturated heterocycles. The monoisotopic (exact) mass is 429 g/mol. The SMILES string of the molecule is CN1CCN(Cc2cn3c(n2)SC(C(=CC(=O)O)C(=O)O)(c2ccncc2)C3)CC1. The average Bonchev–Trinajstić information content (AvgIpc) is 3.24. The van der Waals surface area contributed by atoms with Crippen LogP contribution in [-0.4, -0.2) is 79.7 Å². The Morgan fingerprint density at radius 2 is 1.90 bits per heavy atom. The van der Waals surface area contributed by atoms with E-state index in [1.54, 1.807) is 24.5 Å². The van der Waals surface area contributed by atoms with Crippen LogP contribution in [0.15, 0.2) is 47.5 Å². The highest BCUT2D eigenvalue weighted by atomic mass is 32.2. The maximum Gasteiger partial charge on any atom is 0.333 e. The highest BCUT2D eigenvalue weighted by Gasteiger charge is 2.47. The molecule has 0 aromatic carbocycles. The smallest absolute Gasteiger partial charge is 0.333 e. The molecule has 0 spiro atoms. The predicted molar refractivity (Wildman–Crippen MR) is 110 cm³/mol. The van der Waals surface area contributed by atoms with Crippen molar-refractivity contribution >= 4 is 23.7 Å². The van der Waals surface area contributed by atoms with E-state index in [4.69, 9.17) is 4.98 Å². The van der Waals surface area contributed by atoms with E-state index in [2.05, 4.69) is 21.8 Å². The van der Waals surface area contributed by atoms with Gasteiger partial charge in [-0.3, -0.25) is 9.88 Å². The molecule has 158 valence electrons. The summed E-state index contributed by atoms with van der Waals surface area (Å²) >= 11 is 1.28. The fourth-order valence-electron chi connectivity index (χ4n) is 3.93. The Kier molecular flexibility index (Phi) is 5.63. The normalized spacial score (nSPS) is 22.8. The van der Waals surface area contributed by atoms with Crippen LogP contribution in [0, 0.1) is 0 Å². The standard InChI is InChI=1S/C20H23N5O4S/c1-23-6-8-24(9-7-23)11-15-12-25-13-20(30-19(25)22-15,14-2-4-21-5-3-14)16(18(28)29)10-17(26)27/h2-5,10,12H,6-9,11,13H2,1H3,(H,26,27)(H,28,29). The van der Waals surface area contributed by atoms with Crippen molar-refractivity contribution in [2.24, 2.45) is 0 Å². The largest absolute Gasteiger partial charge is 0.478 e. The van der Waals surface area contributed by atoms with Gasteiger partial charge in [0.25, 0.3) is 0 Å². The lowest BCUT2D eigenvalue weighted by molar-refractivity contribution is -0.135. The maximum absolute atomic E-state index is 12.0. The Morgan fingerprint density at radius 3 is 2.50 bits per heavy atom. The fraction of sp³-hybridized carbons (Fsp3) is 0.400.